The molecule has 2 rings (SSSR count). The highest BCUT2D eigenvalue weighted by Crippen LogP contribution is 2.63. The first-order valence-electron chi connectivity index (χ1n) is 6.08. The van der Waals surface area contributed by atoms with Crippen molar-refractivity contribution in [1.29, 1.82) is 5.26 Å². The first kappa shape index (κ1) is 12.0. The Morgan fingerprint density at radius 2 is 1.76 bits per heavy atom. The van der Waals surface area contributed by atoms with Crippen LogP contribution in [-0.4, -0.2) is 6.04 Å². The second kappa shape index (κ2) is 3.50. The summed E-state index contributed by atoms with van der Waals surface area (Å²) in [6.07, 6.45) is 0. The Bertz CT molecular complexity index is 478. The van der Waals surface area contributed by atoms with Crippen LogP contribution in [-0.2, 0) is 0 Å². The average molecular weight is 228 g/mol. The zero-order chi connectivity index (χ0) is 12.8. The number of nitrogens with zero attached hydrogens (tertiary/aromatic N) is 1. The highest BCUT2D eigenvalue weighted by Gasteiger charge is 2.64. The van der Waals surface area contributed by atoms with E-state index in [0.717, 1.165) is 16.8 Å². The van der Waals surface area contributed by atoms with Gasteiger partial charge >= 0.3 is 0 Å². The van der Waals surface area contributed by atoms with Crippen molar-refractivity contribution < 1.29 is 0 Å². The highest BCUT2D eigenvalue weighted by atomic mass is 15.0. The summed E-state index contributed by atoms with van der Waals surface area (Å²) in [5.74, 6) is 0. The van der Waals surface area contributed by atoms with E-state index in [1.807, 2.05) is 25.1 Å². The standard InChI is InChI=1S/C15H20N2/c1-10-6-7-12(11(8-10)9-16)17-13-14(2,3)15(13,4)5/h6-8,13,17H,1-5H3. The SMILES string of the molecule is Cc1ccc(NC2C(C)(C)C2(C)C)c(C#N)c1. The molecule has 0 spiro atoms. The summed E-state index contributed by atoms with van der Waals surface area (Å²) in [5, 5.41) is 12.7. The van der Waals surface area contributed by atoms with Gasteiger partial charge in [-0.1, -0.05) is 33.8 Å². The molecule has 2 heteroatoms. The molecule has 1 aromatic carbocycles. The van der Waals surface area contributed by atoms with Gasteiger partial charge in [0.1, 0.15) is 6.07 Å². The third-order valence-corrected chi connectivity index (χ3v) is 4.62. The smallest absolute Gasteiger partial charge is 0.101 e. The van der Waals surface area contributed by atoms with Gasteiger partial charge in [-0.2, -0.15) is 5.26 Å². The summed E-state index contributed by atoms with van der Waals surface area (Å²) in [7, 11) is 0. The van der Waals surface area contributed by atoms with Gasteiger partial charge < -0.3 is 5.32 Å². The fourth-order valence-corrected chi connectivity index (χ4v) is 2.59. The van der Waals surface area contributed by atoms with Crippen molar-refractivity contribution in [3.05, 3.63) is 29.3 Å². The van der Waals surface area contributed by atoms with Gasteiger partial charge in [0.15, 0.2) is 0 Å². The number of benzene rings is 1. The Morgan fingerprint density at radius 3 is 2.24 bits per heavy atom. The second-order valence-corrected chi connectivity index (χ2v) is 6.18. The van der Waals surface area contributed by atoms with Gasteiger partial charge in [0.25, 0.3) is 0 Å². The number of rotatable bonds is 2. The van der Waals surface area contributed by atoms with Crippen LogP contribution in [0.4, 0.5) is 5.69 Å². The van der Waals surface area contributed by atoms with E-state index < -0.39 is 0 Å². The lowest BCUT2D eigenvalue weighted by molar-refractivity contribution is 0.457. The third-order valence-electron chi connectivity index (χ3n) is 4.62. The summed E-state index contributed by atoms with van der Waals surface area (Å²) in [6, 6.07) is 8.69. The van der Waals surface area contributed by atoms with Crippen LogP contribution in [0.25, 0.3) is 0 Å². The maximum atomic E-state index is 9.15. The molecule has 90 valence electrons. The van der Waals surface area contributed by atoms with Crippen LogP contribution in [0.2, 0.25) is 0 Å². The molecule has 0 saturated heterocycles. The molecule has 1 fully saturated rings. The monoisotopic (exact) mass is 228 g/mol. The van der Waals surface area contributed by atoms with E-state index in [9.17, 15) is 0 Å². The molecular weight excluding hydrogens is 208 g/mol. The third kappa shape index (κ3) is 1.70. The molecule has 1 aliphatic carbocycles. The Labute approximate surface area is 104 Å². The van der Waals surface area contributed by atoms with Crippen LogP contribution < -0.4 is 5.32 Å². The minimum absolute atomic E-state index is 0.282. The first-order valence-corrected chi connectivity index (χ1v) is 6.08. The molecule has 0 unspecified atom stereocenters. The predicted molar refractivity (Wildman–Crippen MR) is 70.9 cm³/mol. The van der Waals surface area contributed by atoms with Gasteiger partial charge in [0.2, 0.25) is 0 Å². The van der Waals surface area contributed by atoms with Crippen LogP contribution in [0.5, 0.6) is 0 Å². The van der Waals surface area contributed by atoms with Gasteiger partial charge in [-0.05, 0) is 35.4 Å². The van der Waals surface area contributed by atoms with Gasteiger partial charge in [0, 0.05) is 6.04 Å². The van der Waals surface area contributed by atoms with Crippen molar-refractivity contribution >= 4 is 5.69 Å². The van der Waals surface area contributed by atoms with Crippen molar-refractivity contribution in [1.82, 2.24) is 0 Å². The molecule has 0 atom stereocenters. The molecule has 0 aromatic heterocycles. The summed E-state index contributed by atoms with van der Waals surface area (Å²) < 4.78 is 0. The molecule has 1 saturated carbocycles. The van der Waals surface area contributed by atoms with Crippen molar-refractivity contribution in [3.8, 4) is 6.07 Å². The molecule has 2 nitrogen and oxygen atoms in total. The summed E-state index contributed by atoms with van der Waals surface area (Å²) >= 11 is 0. The average Bonchev–Trinajstić information content (AvgIpc) is 2.63. The number of hydrogen-bond acceptors (Lipinski definition) is 2. The number of aryl methyl sites for hydroxylation is 1. The van der Waals surface area contributed by atoms with Gasteiger partial charge in [-0.15, -0.1) is 0 Å². The zero-order valence-electron chi connectivity index (χ0n) is 11.3. The molecule has 0 heterocycles. The van der Waals surface area contributed by atoms with Crippen molar-refractivity contribution in [3.63, 3.8) is 0 Å². The summed E-state index contributed by atoms with van der Waals surface area (Å²) in [4.78, 5) is 0. The van der Waals surface area contributed by atoms with Crippen molar-refractivity contribution in [2.45, 2.75) is 40.7 Å². The van der Waals surface area contributed by atoms with E-state index >= 15 is 0 Å². The van der Waals surface area contributed by atoms with Crippen molar-refractivity contribution in [2.75, 3.05) is 5.32 Å². The Hall–Kier alpha value is -1.49. The topological polar surface area (TPSA) is 35.8 Å². The van der Waals surface area contributed by atoms with E-state index in [0.29, 0.717) is 6.04 Å². The fourth-order valence-electron chi connectivity index (χ4n) is 2.59. The van der Waals surface area contributed by atoms with E-state index in [-0.39, 0.29) is 10.8 Å². The highest BCUT2D eigenvalue weighted by molar-refractivity contribution is 5.60. The lowest BCUT2D eigenvalue weighted by atomic mass is 10.0. The van der Waals surface area contributed by atoms with Crippen LogP contribution in [0.15, 0.2) is 18.2 Å². The number of nitrogens with one attached hydrogen (secondary N) is 1. The molecule has 0 aliphatic heterocycles. The van der Waals surface area contributed by atoms with Crippen LogP contribution in [0, 0.1) is 29.1 Å². The normalized spacial score (nSPS) is 20.7. The molecule has 1 N–H and O–H groups in total. The van der Waals surface area contributed by atoms with Gasteiger partial charge in [-0.25, -0.2) is 0 Å². The molecular formula is C15H20N2. The van der Waals surface area contributed by atoms with Crippen LogP contribution >= 0.6 is 0 Å². The minimum atomic E-state index is 0.282. The zero-order valence-corrected chi connectivity index (χ0v) is 11.3. The molecule has 0 amide bonds. The van der Waals surface area contributed by atoms with E-state index in [4.69, 9.17) is 5.26 Å². The Morgan fingerprint density at radius 1 is 1.18 bits per heavy atom. The summed E-state index contributed by atoms with van der Waals surface area (Å²) in [6.45, 7) is 11.1. The molecule has 0 radical (unpaired) electrons. The van der Waals surface area contributed by atoms with Crippen molar-refractivity contribution in [2.24, 2.45) is 10.8 Å². The molecule has 1 aromatic rings. The quantitative estimate of drug-likeness (QED) is 0.837. The van der Waals surface area contributed by atoms with Crippen LogP contribution in [0.3, 0.4) is 0 Å². The first-order chi connectivity index (χ1) is 7.80. The van der Waals surface area contributed by atoms with Gasteiger partial charge in [-0.3, -0.25) is 0 Å². The molecule has 0 bridgehead atoms. The maximum Gasteiger partial charge on any atom is 0.101 e. The van der Waals surface area contributed by atoms with E-state index in [2.05, 4.69) is 39.1 Å². The van der Waals surface area contributed by atoms with Gasteiger partial charge in [0.05, 0.1) is 11.3 Å². The Kier molecular flexibility index (Phi) is 2.47. The molecule has 17 heavy (non-hydrogen) atoms. The Balaban J connectivity index is 2.25. The predicted octanol–water partition coefficient (Wildman–Crippen LogP) is 3.71. The second-order valence-electron chi connectivity index (χ2n) is 6.18. The summed E-state index contributed by atoms with van der Waals surface area (Å²) in [5.41, 5.74) is 3.39. The lowest BCUT2D eigenvalue weighted by Crippen LogP contribution is -2.11. The minimum Gasteiger partial charge on any atom is -0.380 e. The van der Waals surface area contributed by atoms with E-state index in [1.165, 1.54) is 0 Å². The van der Waals surface area contributed by atoms with Crippen LogP contribution in [0.1, 0.15) is 38.8 Å². The van der Waals surface area contributed by atoms with E-state index in [1.54, 1.807) is 0 Å². The number of anilines is 1. The largest absolute Gasteiger partial charge is 0.380 e. The maximum absolute atomic E-state index is 9.15. The lowest BCUT2D eigenvalue weighted by Gasteiger charge is -2.10. The number of hydrogen-bond donors (Lipinski definition) is 1. The fraction of sp³-hybridized carbons (Fsp3) is 0.533. The number of nitriles is 1. The molecule has 1 aliphatic rings.